The van der Waals surface area contributed by atoms with Crippen molar-refractivity contribution in [3.63, 3.8) is 0 Å². The maximum Gasteiger partial charge on any atom is 0.306 e. The number of amides is 2. The van der Waals surface area contributed by atoms with Crippen LogP contribution in [0.3, 0.4) is 0 Å². The van der Waals surface area contributed by atoms with E-state index < -0.39 is 17.8 Å². The fourth-order valence-electron chi connectivity index (χ4n) is 2.64. The molecular formula is C21H19N3O6S2. The van der Waals surface area contributed by atoms with Gasteiger partial charge in [0.15, 0.2) is 15.8 Å². The van der Waals surface area contributed by atoms with Crippen molar-refractivity contribution in [3.8, 4) is 11.5 Å². The third-order valence-electron chi connectivity index (χ3n) is 4.09. The maximum absolute atomic E-state index is 12.8. The Labute approximate surface area is 193 Å². The number of ether oxygens (including phenoxy) is 2. The third kappa shape index (κ3) is 5.83. The van der Waals surface area contributed by atoms with Gasteiger partial charge in [0.25, 0.3) is 11.8 Å². The summed E-state index contributed by atoms with van der Waals surface area (Å²) in [5.74, 6) is -1.07. The van der Waals surface area contributed by atoms with E-state index in [1.165, 1.54) is 24.5 Å². The van der Waals surface area contributed by atoms with Crippen molar-refractivity contribution >= 4 is 52.2 Å². The number of carbonyl (C=O) groups excluding carboxylic acids is 2. The lowest BCUT2D eigenvalue weighted by Crippen LogP contribution is -2.44. The number of benzene rings is 1. The number of hydrazine groups is 1. The Hall–Kier alpha value is -3.44. The number of pyridine rings is 1. The highest BCUT2D eigenvalue weighted by Crippen LogP contribution is 2.34. The molecule has 1 aromatic carbocycles. The average molecular weight is 474 g/mol. The SMILES string of the molecule is CCOc1cc(/C=C2/SC(=S)N(NC(=O)c3ccncc3)C2=O)ccc1OCCC(=O)O. The molecule has 0 unspecified atom stereocenters. The second-order valence-electron chi connectivity index (χ2n) is 6.33. The largest absolute Gasteiger partial charge is 0.490 e. The minimum atomic E-state index is -0.961. The van der Waals surface area contributed by atoms with Crippen molar-refractivity contribution in [2.24, 2.45) is 0 Å². The molecule has 1 fully saturated rings. The van der Waals surface area contributed by atoms with E-state index >= 15 is 0 Å². The van der Waals surface area contributed by atoms with Crippen molar-refractivity contribution in [2.75, 3.05) is 13.2 Å². The van der Waals surface area contributed by atoms with Crippen LogP contribution in [0, 0.1) is 0 Å². The van der Waals surface area contributed by atoms with Crippen LogP contribution in [-0.4, -0.2) is 50.4 Å². The fraction of sp³-hybridized carbons (Fsp3) is 0.190. The molecule has 32 heavy (non-hydrogen) atoms. The molecule has 9 nitrogen and oxygen atoms in total. The molecule has 0 aliphatic carbocycles. The summed E-state index contributed by atoms with van der Waals surface area (Å²) in [5.41, 5.74) is 3.50. The molecule has 2 heterocycles. The first-order chi connectivity index (χ1) is 15.4. The molecule has 0 spiro atoms. The fourth-order valence-corrected chi connectivity index (χ4v) is 3.81. The third-order valence-corrected chi connectivity index (χ3v) is 5.39. The van der Waals surface area contributed by atoms with Crippen LogP contribution in [-0.2, 0) is 9.59 Å². The number of aliphatic carboxylic acids is 1. The minimum absolute atomic E-state index is 0.00455. The average Bonchev–Trinajstić information content (AvgIpc) is 3.03. The van der Waals surface area contributed by atoms with Crippen LogP contribution in [0.5, 0.6) is 11.5 Å². The van der Waals surface area contributed by atoms with E-state index in [1.807, 2.05) is 6.92 Å². The molecule has 1 aliphatic heterocycles. The zero-order valence-corrected chi connectivity index (χ0v) is 18.6. The number of aromatic nitrogens is 1. The number of thiocarbonyl (C=S) groups is 1. The molecule has 1 aromatic heterocycles. The van der Waals surface area contributed by atoms with Gasteiger partial charge in [0.05, 0.1) is 24.5 Å². The van der Waals surface area contributed by atoms with Crippen LogP contribution in [0.15, 0.2) is 47.6 Å². The highest BCUT2D eigenvalue weighted by Gasteiger charge is 2.33. The number of carboxylic acid groups (broad SMARTS) is 1. The number of hydrogen-bond acceptors (Lipinski definition) is 8. The molecule has 3 rings (SSSR count). The molecule has 0 radical (unpaired) electrons. The van der Waals surface area contributed by atoms with E-state index in [-0.39, 0.29) is 17.3 Å². The summed E-state index contributed by atoms with van der Waals surface area (Å²) in [6, 6.07) is 8.09. The van der Waals surface area contributed by atoms with Gasteiger partial charge in [-0.15, -0.1) is 0 Å². The zero-order valence-electron chi connectivity index (χ0n) is 16.9. The van der Waals surface area contributed by atoms with Gasteiger partial charge in [0.2, 0.25) is 0 Å². The molecule has 0 bridgehead atoms. The van der Waals surface area contributed by atoms with Crippen LogP contribution in [0.2, 0.25) is 0 Å². The molecule has 2 N–H and O–H groups in total. The van der Waals surface area contributed by atoms with Crippen molar-refractivity contribution in [3.05, 3.63) is 58.8 Å². The predicted octanol–water partition coefficient (Wildman–Crippen LogP) is 2.88. The van der Waals surface area contributed by atoms with E-state index in [1.54, 1.807) is 24.3 Å². The number of carbonyl (C=O) groups is 3. The lowest BCUT2D eigenvalue weighted by atomic mass is 10.2. The molecule has 1 aliphatic rings. The topological polar surface area (TPSA) is 118 Å². The zero-order chi connectivity index (χ0) is 23.1. The van der Waals surface area contributed by atoms with Gasteiger partial charge in [-0.2, -0.15) is 5.01 Å². The number of thioether (sulfide) groups is 1. The van der Waals surface area contributed by atoms with Crippen LogP contribution in [0.1, 0.15) is 29.3 Å². The van der Waals surface area contributed by atoms with Crippen molar-refractivity contribution in [2.45, 2.75) is 13.3 Å². The molecule has 2 aromatic rings. The second-order valence-corrected chi connectivity index (χ2v) is 8.00. The smallest absolute Gasteiger partial charge is 0.306 e. The van der Waals surface area contributed by atoms with Gasteiger partial charge in [0.1, 0.15) is 0 Å². The molecule has 2 amide bonds. The van der Waals surface area contributed by atoms with Crippen LogP contribution < -0.4 is 14.9 Å². The van der Waals surface area contributed by atoms with E-state index in [0.717, 1.165) is 16.8 Å². The maximum atomic E-state index is 12.8. The molecule has 0 saturated carbocycles. The highest BCUT2D eigenvalue weighted by molar-refractivity contribution is 8.26. The van der Waals surface area contributed by atoms with Gasteiger partial charge in [-0.3, -0.25) is 24.8 Å². The molecular weight excluding hydrogens is 454 g/mol. The first-order valence-electron chi connectivity index (χ1n) is 9.49. The molecule has 166 valence electrons. The summed E-state index contributed by atoms with van der Waals surface area (Å²) >= 11 is 6.30. The standard InChI is InChI=1S/C21H19N3O6S2/c1-2-29-16-11-13(3-4-15(16)30-10-7-18(25)26)12-17-20(28)24(21(31)32-17)23-19(27)14-5-8-22-9-6-14/h3-6,8-9,11-12H,2,7,10H2,1H3,(H,23,27)(H,25,26)/b17-12+. The van der Waals surface area contributed by atoms with E-state index in [0.29, 0.717) is 34.1 Å². The summed E-state index contributed by atoms with van der Waals surface area (Å²) in [6.07, 6.45) is 4.44. The summed E-state index contributed by atoms with van der Waals surface area (Å²) < 4.78 is 11.3. The van der Waals surface area contributed by atoms with E-state index in [9.17, 15) is 14.4 Å². The Kier molecular flexibility index (Phi) is 7.79. The normalized spacial score (nSPS) is 14.5. The highest BCUT2D eigenvalue weighted by atomic mass is 32.2. The summed E-state index contributed by atoms with van der Waals surface area (Å²) in [7, 11) is 0. The lowest BCUT2D eigenvalue weighted by Gasteiger charge is -2.15. The minimum Gasteiger partial charge on any atom is -0.490 e. The Bertz CT molecular complexity index is 1070. The van der Waals surface area contributed by atoms with Crippen LogP contribution in [0.4, 0.5) is 0 Å². The Morgan fingerprint density at radius 1 is 1.22 bits per heavy atom. The van der Waals surface area contributed by atoms with Crippen molar-refractivity contribution in [1.29, 1.82) is 0 Å². The quantitative estimate of drug-likeness (QED) is 0.419. The lowest BCUT2D eigenvalue weighted by molar-refractivity contribution is -0.137. The number of nitrogens with one attached hydrogen (secondary N) is 1. The van der Waals surface area contributed by atoms with Gasteiger partial charge in [-0.25, -0.2) is 0 Å². The monoisotopic (exact) mass is 473 g/mol. The van der Waals surface area contributed by atoms with Crippen LogP contribution >= 0.6 is 24.0 Å². The van der Waals surface area contributed by atoms with Crippen LogP contribution in [0.25, 0.3) is 6.08 Å². The van der Waals surface area contributed by atoms with Gasteiger partial charge in [-0.05, 0) is 55.0 Å². The number of rotatable bonds is 9. The van der Waals surface area contributed by atoms with Crippen molar-refractivity contribution < 1.29 is 29.0 Å². The summed E-state index contributed by atoms with van der Waals surface area (Å²) in [6.45, 7) is 2.19. The Balaban J connectivity index is 1.75. The number of hydrogen-bond donors (Lipinski definition) is 2. The summed E-state index contributed by atoms with van der Waals surface area (Å²) in [5, 5.41) is 9.79. The van der Waals surface area contributed by atoms with Gasteiger partial charge in [-0.1, -0.05) is 17.8 Å². The molecule has 0 atom stereocenters. The molecule has 1 saturated heterocycles. The first-order valence-corrected chi connectivity index (χ1v) is 10.7. The van der Waals surface area contributed by atoms with E-state index in [4.69, 9.17) is 26.8 Å². The summed E-state index contributed by atoms with van der Waals surface area (Å²) in [4.78, 5) is 40.0. The number of carboxylic acids is 1. The van der Waals surface area contributed by atoms with Gasteiger partial charge >= 0.3 is 5.97 Å². The Morgan fingerprint density at radius 3 is 2.66 bits per heavy atom. The van der Waals surface area contributed by atoms with Gasteiger partial charge in [0, 0.05) is 18.0 Å². The predicted molar refractivity (Wildman–Crippen MR) is 122 cm³/mol. The molecule has 11 heteroatoms. The van der Waals surface area contributed by atoms with Gasteiger partial charge < -0.3 is 14.6 Å². The first kappa shape index (κ1) is 23.2. The number of nitrogens with zero attached hydrogens (tertiary/aromatic N) is 2. The second kappa shape index (κ2) is 10.7. The van der Waals surface area contributed by atoms with Crippen molar-refractivity contribution in [1.82, 2.24) is 15.4 Å². The Morgan fingerprint density at radius 2 is 1.97 bits per heavy atom. The van der Waals surface area contributed by atoms with E-state index in [2.05, 4.69) is 10.4 Å².